The molecule has 0 radical (unpaired) electrons. The molecule has 0 aliphatic heterocycles. The normalized spacial score (nSPS) is 11.2. The Morgan fingerprint density at radius 2 is 1.55 bits per heavy atom. The Balaban J connectivity index is 1.97. The molecule has 1 unspecified atom stereocenters. The number of carbonyl (C=O) groups is 4. The molecule has 3 amide bonds. The number of primary amides is 2. The number of nitrogens with two attached hydrogens (primary N) is 2. The maximum atomic E-state index is 12.2. The second-order valence-corrected chi connectivity index (χ2v) is 6.01. The van der Waals surface area contributed by atoms with Crippen LogP contribution < -0.4 is 21.5 Å². The van der Waals surface area contributed by atoms with Gasteiger partial charge in [-0.3, -0.25) is 14.4 Å². The molecular weight excluding hydrogens is 378 g/mol. The van der Waals surface area contributed by atoms with Gasteiger partial charge in [0.15, 0.2) is 12.7 Å². The SMILES string of the molecule is CCC(Oc1ccccc1)C(=O)OCC(=O)Nc1cc(C(N)=O)cc(C(N)=O)c1. The Morgan fingerprint density at radius 3 is 2.07 bits per heavy atom. The van der Waals surface area contributed by atoms with Crippen molar-refractivity contribution in [2.24, 2.45) is 11.5 Å². The minimum absolute atomic E-state index is 0.00379. The van der Waals surface area contributed by atoms with Crippen LogP contribution in [-0.4, -0.2) is 36.4 Å². The van der Waals surface area contributed by atoms with Gasteiger partial charge in [0.1, 0.15) is 5.75 Å². The number of ether oxygens (including phenoxy) is 2. The predicted octanol–water partition coefficient (Wildman–Crippen LogP) is 1.22. The van der Waals surface area contributed by atoms with Crippen LogP contribution in [0.25, 0.3) is 0 Å². The minimum Gasteiger partial charge on any atom is -0.479 e. The van der Waals surface area contributed by atoms with E-state index in [9.17, 15) is 19.2 Å². The van der Waals surface area contributed by atoms with E-state index in [1.807, 2.05) is 6.07 Å². The molecule has 1 atom stereocenters. The van der Waals surface area contributed by atoms with Crippen LogP contribution in [0, 0.1) is 0 Å². The predicted molar refractivity (Wildman–Crippen MR) is 104 cm³/mol. The number of carbonyl (C=O) groups excluding carboxylic acids is 4. The van der Waals surface area contributed by atoms with Crippen LogP contribution in [0.3, 0.4) is 0 Å². The van der Waals surface area contributed by atoms with Crippen LogP contribution in [0.5, 0.6) is 5.75 Å². The molecule has 0 aromatic heterocycles. The van der Waals surface area contributed by atoms with Crippen molar-refractivity contribution in [3.63, 3.8) is 0 Å². The zero-order valence-corrected chi connectivity index (χ0v) is 15.7. The highest BCUT2D eigenvalue weighted by atomic mass is 16.6. The summed E-state index contributed by atoms with van der Waals surface area (Å²) >= 11 is 0. The Labute approximate surface area is 167 Å². The zero-order chi connectivity index (χ0) is 21.4. The van der Waals surface area contributed by atoms with Gasteiger partial charge in [-0.05, 0) is 36.8 Å². The van der Waals surface area contributed by atoms with Gasteiger partial charge in [0.2, 0.25) is 11.8 Å². The first-order valence-corrected chi connectivity index (χ1v) is 8.73. The number of amides is 3. The van der Waals surface area contributed by atoms with E-state index in [0.717, 1.165) is 0 Å². The highest BCUT2D eigenvalue weighted by Crippen LogP contribution is 2.16. The van der Waals surface area contributed by atoms with Crippen molar-refractivity contribution >= 4 is 29.4 Å². The third-order valence-corrected chi connectivity index (χ3v) is 3.79. The second kappa shape index (κ2) is 9.88. The zero-order valence-electron chi connectivity index (χ0n) is 15.7. The lowest BCUT2D eigenvalue weighted by Gasteiger charge is -2.16. The van der Waals surface area contributed by atoms with Crippen molar-refractivity contribution in [2.45, 2.75) is 19.4 Å². The number of benzene rings is 2. The lowest BCUT2D eigenvalue weighted by molar-refractivity contribution is -0.154. The Morgan fingerprint density at radius 1 is 0.966 bits per heavy atom. The number of hydrogen-bond acceptors (Lipinski definition) is 6. The van der Waals surface area contributed by atoms with E-state index in [1.165, 1.54) is 18.2 Å². The summed E-state index contributed by atoms with van der Waals surface area (Å²) in [5, 5.41) is 2.42. The number of nitrogens with one attached hydrogen (secondary N) is 1. The van der Waals surface area contributed by atoms with Crippen molar-refractivity contribution in [1.82, 2.24) is 0 Å². The summed E-state index contributed by atoms with van der Waals surface area (Å²) in [4.78, 5) is 47.0. The van der Waals surface area contributed by atoms with Gasteiger partial charge in [-0.1, -0.05) is 25.1 Å². The summed E-state index contributed by atoms with van der Waals surface area (Å²) in [6.45, 7) is 1.16. The molecule has 0 saturated heterocycles. The molecule has 5 N–H and O–H groups in total. The number of para-hydroxylation sites is 1. The Kier molecular flexibility index (Phi) is 7.30. The smallest absolute Gasteiger partial charge is 0.347 e. The van der Waals surface area contributed by atoms with Crippen molar-refractivity contribution < 1.29 is 28.7 Å². The maximum absolute atomic E-state index is 12.2. The quantitative estimate of drug-likeness (QED) is 0.539. The van der Waals surface area contributed by atoms with E-state index in [2.05, 4.69) is 5.32 Å². The monoisotopic (exact) mass is 399 g/mol. The summed E-state index contributed by atoms with van der Waals surface area (Å²) in [7, 11) is 0. The van der Waals surface area contributed by atoms with E-state index in [0.29, 0.717) is 12.2 Å². The fourth-order valence-corrected chi connectivity index (χ4v) is 2.37. The summed E-state index contributed by atoms with van der Waals surface area (Å²) in [5.41, 5.74) is 10.5. The molecule has 9 heteroatoms. The van der Waals surface area contributed by atoms with E-state index in [-0.39, 0.29) is 16.8 Å². The molecule has 29 heavy (non-hydrogen) atoms. The van der Waals surface area contributed by atoms with Crippen LogP contribution in [0.2, 0.25) is 0 Å². The maximum Gasteiger partial charge on any atom is 0.347 e. The Bertz CT molecular complexity index is 881. The molecule has 0 aliphatic rings. The van der Waals surface area contributed by atoms with Crippen LogP contribution in [0.15, 0.2) is 48.5 Å². The van der Waals surface area contributed by atoms with E-state index >= 15 is 0 Å². The minimum atomic E-state index is -0.871. The lowest BCUT2D eigenvalue weighted by Crippen LogP contribution is -2.31. The van der Waals surface area contributed by atoms with Crippen LogP contribution in [0.1, 0.15) is 34.1 Å². The highest BCUT2D eigenvalue weighted by Gasteiger charge is 2.21. The molecule has 0 fully saturated rings. The molecule has 2 rings (SSSR count). The van der Waals surface area contributed by atoms with Crippen LogP contribution in [-0.2, 0) is 14.3 Å². The summed E-state index contributed by atoms with van der Waals surface area (Å²) in [5.74, 6) is -2.46. The highest BCUT2D eigenvalue weighted by molar-refractivity contribution is 6.02. The number of anilines is 1. The molecule has 2 aromatic rings. The molecule has 0 spiro atoms. The van der Waals surface area contributed by atoms with E-state index < -0.39 is 36.4 Å². The molecule has 0 saturated carbocycles. The molecule has 152 valence electrons. The van der Waals surface area contributed by atoms with Gasteiger partial charge in [0.25, 0.3) is 5.91 Å². The van der Waals surface area contributed by atoms with Crippen molar-refractivity contribution in [1.29, 1.82) is 0 Å². The topological polar surface area (TPSA) is 151 Å². The third-order valence-electron chi connectivity index (χ3n) is 3.79. The van der Waals surface area contributed by atoms with Crippen LogP contribution >= 0.6 is 0 Å². The van der Waals surface area contributed by atoms with Gasteiger partial charge >= 0.3 is 5.97 Å². The first-order valence-electron chi connectivity index (χ1n) is 8.73. The van der Waals surface area contributed by atoms with E-state index in [1.54, 1.807) is 31.2 Å². The van der Waals surface area contributed by atoms with Crippen molar-refractivity contribution in [2.75, 3.05) is 11.9 Å². The van der Waals surface area contributed by atoms with Crippen LogP contribution in [0.4, 0.5) is 5.69 Å². The fourth-order valence-electron chi connectivity index (χ4n) is 2.37. The first kappa shape index (κ1) is 21.4. The third kappa shape index (κ3) is 6.35. The summed E-state index contributed by atoms with van der Waals surface area (Å²) in [6.07, 6.45) is -0.525. The molecular formula is C20H21N3O6. The average Bonchev–Trinajstić information content (AvgIpc) is 2.70. The van der Waals surface area contributed by atoms with Crippen molar-refractivity contribution in [3.05, 3.63) is 59.7 Å². The number of hydrogen-bond donors (Lipinski definition) is 3. The fraction of sp³-hybridized carbons (Fsp3) is 0.200. The largest absolute Gasteiger partial charge is 0.479 e. The van der Waals surface area contributed by atoms with Gasteiger partial charge in [-0.15, -0.1) is 0 Å². The average molecular weight is 399 g/mol. The number of esters is 1. The van der Waals surface area contributed by atoms with E-state index in [4.69, 9.17) is 20.9 Å². The van der Waals surface area contributed by atoms with Gasteiger partial charge in [-0.2, -0.15) is 0 Å². The summed E-state index contributed by atoms with van der Waals surface area (Å²) < 4.78 is 10.5. The van der Waals surface area contributed by atoms with Gasteiger partial charge in [0, 0.05) is 16.8 Å². The molecule has 9 nitrogen and oxygen atoms in total. The molecule has 2 aromatic carbocycles. The number of rotatable bonds is 9. The van der Waals surface area contributed by atoms with Crippen molar-refractivity contribution in [3.8, 4) is 5.75 Å². The first-order chi connectivity index (χ1) is 13.8. The summed E-state index contributed by atoms with van der Waals surface area (Å²) in [6, 6.07) is 12.5. The molecule has 0 heterocycles. The van der Waals surface area contributed by atoms with Gasteiger partial charge < -0.3 is 26.3 Å². The van der Waals surface area contributed by atoms with Gasteiger partial charge in [-0.25, -0.2) is 4.79 Å². The van der Waals surface area contributed by atoms with Gasteiger partial charge in [0.05, 0.1) is 0 Å². The molecule has 0 bridgehead atoms. The standard InChI is InChI=1S/C20H21N3O6/c1-2-16(29-15-6-4-3-5-7-15)20(27)28-11-17(24)23-14-9-12(18(21)25)8-13(10-14)19(22)26/h3-10,16H,2,11H2,1H3,(H2,21,25)(H2,22,26)(H,23,24). The Hall–Kier alpha value is -3.88. The lowest BCUT2D eigenvalue weighted by atomic mass is 10.1. The second-order valence-electron chi connectivity index (χ2n) is 6.01. The molecule has 0 aliphatic carbocycles.